The molecule has 3 fully saturated rings. The molecule has 4 rings (SSSR count). The Morgan fingerprint density at radius 3 is 2.55 bits per heavy atom. The highest BCUT2D eigenvalue weighted by atomic mass is 127. The van der Waals surface area contributed by atoms with Crippen LogP contribution in [0.25, 0.3) is 0 Å². The Hall–Kier alpha value is -0.930. The Balaban J connectivity index is 0.00000240. The van der Waals surface area contributed by atoms with Gasteiger partial charge >= 0.3 is 0 Å². The van der Waals surface area contributed by atoms with Gasteiger partial charge in [0, 0.05) is 44.2 Å². The fraction of sp³-hybridized carbons (Fsp3) is 0.682. The predicted octanol–water partition coefficient (Wildman–Crippen LogP) is 3.24. The average Bonchev–Trinajstić information content (AvgIpc) is 3.18. The van der Waals surface area contributed by atoms with Crippen LogP contribution in [0.3, 0.4) is 0 Å². The van der Waals surface area contributed by atoms with E-state index in [1.54, 1.807) is 12.1 Å². The van der Waals surface area contributed by atoms with Crippen LogP contribution >= 0.6 is 24.0 Å². The summed E-state index contributed by atoms with van der Waals surface area (Å²) in [4.78, 5) is 10.0. The minimum absolute atomic E-state index is 0. The number of nitrogens with zero attached hydrogens (tertiary/aromatic N) is 3. The summed E-state index contributed by atoms with van der Waals surface area (Å²) in [6.07, 6.45) is 4.69. The molecule has 1 aliphatic carbocycles. The molecule has 1 unspecified atom stereocenters. The van der Waals surface area contributed by atoms with Gasteiger partial charge in [-0.05, 0) is 43.9 Å². The molecule has 1 atom stereocenters. The first kappa shape index (κ1) is 22.7. The Morgan fingerprint density at radius 1 is 1.21 bits per heavy atom. The van der Waals surface area contributed by atoms with Gasteiger partial charge in [0.25, 0.3) is 0 Å². The van der Waals surface area contributed by atoms with Gasteiger partial charge in [0.1, 0.15) is 5.82 Å². The second kappa shape index (κ2) is 10.4. The molecule has 1 aromatic carbocycles. The van der Waals surface area contributed by atoms with Crippen LogP contribution in [0.4, 0.5) is 4.39 Å². The molecule has 2 aliphatic heterocycles. The molecule has 1 N–H and O–H groups in total. The predicted molar refractivity (Wildman–Crippen MR) is 126 cm³/mol. The molecular formula is C22H34FIN4O. The first-order chi connectivity index (χ1) is 13.7. The topological polar surface area (TPSA) is 40.1 Å². The summed E-state index contributed by atoms with van der Waals surface area (Å²) in [6.45, 7) is 9.66. The molecule has 2 heterocycles. The van der Waals surface area contributed by atoms with Crippen LogP contribution < -0.4 is 5.32 Å². The Kier molecular flexibility index (Phi) is 8.15. The quantitative estimate of drug-likeness (QED) is 0.371. The van der Waals surface area contributed by atoms with Crippen molar-refractivity contribution in [2.45, 2.75) is 44.1 Å². The minimum atomic E-state index is -0.165. The fourth-order valence-corrected chi connectivity index (χ4v) is 4.77. The van der Waals surface area contributed by atoms with Gasteiger partial charge in [-0.15, -0.1) is 24.0 Å². The standard InChI is InChI=1S/C22H33FN4O.HI/c1-2-24-21(27-11-8-20(16-27)26-12-14-28-15-13-26)25-17-22(9-3-10-22)18-4-6-19(23)7-5-18;/h4-7,20H,2-3,8-17H2,1H3,(H,24,25);1H. The lowest BCUT2D eigenvalue weighted by atomic mass is 9.64. The van der Waals surface area contributed by atoms with E-state index in [-0.39, 0.29) is 35.2 Å². The maximum absolute atomic E-state index is 13.3. The monoisotopic (exact) mass is 516 g/mol. The third-order valence-corrected chi connectivity index (χ3v) is 6.66. The SMILES string of the molecule is CCNC(=NCC1(c2ccc(F)cc2)CCC1)N1CCC(N2CCOCC2)C1.I. The molecule has 162 valence electrons. The van der Waals surface area contributed by atoms with Gasteiger partial charge in [0.15, 0.2) is 5.96 Å². The zero-order valence-electron chi connectivity index (χ0n) is 17.4. The number of morpholine rings is 1. The second-order valence-electron chi connectivity index (χ2n) is 8.35. The van der Waals surface area contributed by atoms with E-state index in [9.17, 15) is 4.39 Å². The molecule has 1 aromatic rings. The number of benzene rings is 1. The lowest BCUT2D eigenvalue weighted by molar-refractivity contribution is 0.0195. The van der Waals surface area contributed by atoms with Crippen molar-refractivity contribution in [3.8, 4) is 0 Å². The number of rotatable bonds is 5. The van der Waals surface area contributed by atoms with E-state index in [0.29, 0.717) is 6.04 Å². The number of ether oxygens (including phenoxy) is 1. The molecule has 0 radical (unpaired) electrons. The minimum Gasteiger partial charge on any atom is -0.379 e. The molecule has 7 heteroatoms. The number of likely N-dealkylation sites (tertiary alicyclic amines) is 1. The number of nitrogens with one attached hydrogen (secondary N) is 1. The van der Waals surface area contributed by atoms with Gasteiger partial charge in [-0.1, -0.05) is 18.6 Å². The van der Waals surface area contributed by atoms with Crippen molar-refractivity contribution in [2.75, 3.05) is 52.5 Å². The van der Waals surface area contributed by atoms with Gasteiger partial charge < -0.3 is 15.0 Å². The van der Waals surface area contributed by atoms with Gasteiger partial charge in [-0.25, -0.2) is 4.39 Å². The maximum Gasteiger partial charge on any atom is 0.193 e. The molecule has 1 saturated carbocycles. The first-order valence-corrected chi connectivity index (χ1v) is 10.8. The molecule has 0 amide bonds. The van der Waals surface area contributed by atoms with Crippen molar-refractivity contribution in [3.05, 3.63) is 35.6 Å². The number of halogens is 2. The Bertz CT molecular complexity index is 674. The summed E-state index contributed by atoms with van der Waals surface area (Å²) in [6, 6.07) is 7.65. The molecular weight excluding hydrogens is 482 g/mol. The largest absolute Gasteiger partial charge is 0.379 e. The lowest BCUT2D eigenvalue weighted by Crippen LogP contribution is -2.47. The zero-order valence-corrected chi connectivity index (χ0v) is 19.7. The highest BCUT2D eigenvalue weighted by Gasteiger charge is 2.39. The third-order valence-electron chi connectivity index (χ3n) is 6.66. The average molecular weight is 516 g/mol. The van der Waals surface area contributed by atoms with Gasteiger partial charge in [-0.3, -0.25) is 9.89 Å². The molecule has 29 heavy (non-hydrogen) atoms. The zero-order chi connectivity index (χ0) is 19.4. The number of hydrogen-bond acceptors (Lipinski definition) is 3. The number of hydrogen-bond donors (Lipinski definition) is 1. The summed E-state index contributed by atoms with van der Waals surface area (Å²) < 4.78 is 18.9. The van der Waals surface area contributed by atoms with E-state index < -0.39 is 0 Å². The molecule has 0 spiro atoms. The highest BCUT2D eigenvalue weighted by Crippen LogP contribution is 2.44. The fourth-order valence-electron chi connectivity index (χ4n) is 4.77. The van der Waals surface area contributed by atoms with Crippen molar-refractivity contribution < 1.29 is 9.13 Å². The van der Waals surface area contributed by atoms with Gasteiger partial charge in [0.2, 0.25) is 0 Å². The van der Waals surface area contributed by atoms with Crippen LogP contribution in [-0.4, -0.2) is 74.3 Å². The second-order valence-corrected chi connectivity index (χ2v) is 8.35. The van der Waals surface area contributed by atoms with Crippen LogP contribution in [0, 0.1) is 5.82 Å². The number of guanidine groups is 1. The Morgan fingerprint density at radius 2 is 1.93 bits per heavy atom. The molecule has 5 nitrogen and oxygen atoms in total. The van der Waals surface area contributed by atoms with E-state index in [4.69, 9.17) is 9.73 Å². The molecule has 0 aromatic heterocycles. The number of aliphatic imine (C=N–C) groups is 1. The van der Waals surface area contributed by atoms with Crippen LogP contribution in [0.15, 0.2) is 29.3 Å². The van der Waals surface area contributed by atoms with Gasteiger partial charge in [0.05, 0.1) is 19.8 Å². The van der Waals surface area contributed by atoms with E-state index in [1.165, 1.54) is 18.4 Å². The van der Waals surface area contributed by atoms with Crippen molar-refractivity contribution in [2.24, 2.45) is 4.99 Å². The van der Waals surface area contributed by atoms with E-state index in [1.807, 2.05) is 12.1 Å². The van der Waals surface area contributed by atoms with Crippen LogP contribution in [-0.2, 0) is 10.2 Å². The highest BCUT2D eigenvalue weighted by molar-refractivity contribution is 14.0. The van der Waals surface area contributed by atoms with Crippen molar-refractivity contribution in [3.63, 3.8) is 0 Å². The van der Waals surface area contributed by atoms with Gasteiger partial charge in [-0.2, -0.15) is 0 Å². The summed E-state index contributed by atoms with van der Waals surface area (Å²) in [5.41, 5.74) is 1.31. The lowest BCUT2D eigenvalue weighted by Gasteiger charge is -2.41. The van der Waals surface area contributed by atoms with Crippen molar-refractivity contribution in [1.82, 2.24) is 15.1 Å². The van der Waals surface area contributed by atoms with Crippen LogP contribution in [0.5, 0.6) is 0 Å². The van der Waals surface area contributed by atoms with Crippen LogP contribution in [0.1, 0.15) is 38.2 Å². The maximum atomic E-state index is 13.3. The summed E-state index contributed by atoms with van der Waals surface area (Å²) in [7, 11) is 0. The van der Waals surface area contributed by atoms with E-state index in [2.05, 4.69) is 22.0 Å². The van der Waals surface area contributed by atoms with Crippen molar-refractivity contribution in [1.29, 1.82) is 0 Å². The third kappa shape index (κ3) is 5.22. The summed E-state index contributed by atoms with van der Waals surface area (Å²) >= 11 is 0. The molecule has 2 saturated heterocycles. The normalized spacial score (nSPS) is 24.7. The van der Waals surface area contributed by atoms with Crippen molar-refractivity contribution >= 4 is 29.9 Å². The smallest absolute Gasteiger partial charge is 0.193 e. The summed E-state index contributed by atoms with van der Waals surface area (Å²) in [5, 5.41) is 3.50. The van der Waals surface area contributed by atoms with E-state index in [0.717, 1.165) is 71.3 Å². The molecule has 3 aliphatic rings. The van der Waals surface area contributed by atoms with E-state index >= 15 is 0 Å². The van der Waals surface area contributed by atoms with Crippen LogP contribution in [0.2, 0.25) is 0 Å². The first-order valence-electron chi connectivity index (χ1n) is 10.8. The Labute approximate surface area is 191 Å². The molecule has 0 bridgehead atoms. The summed E-state index contributed by atoms with van der Waals surface area (Å²) in [5.74, 6) is 0.868.